The minimum absolute atomic E-state index is 0.124. The summed E-state index contributed by atoms with van der Waals surface area (Å²) in [6, 6.07) is 12.0. The predicted molar refractivity (Wildman–Crippen MR) is 106 cm³/mol. The molecule has 1 unspecified atom stereocenters. The van der Waals surface area contributed by atoms with Gasteiger partial charge < -0.3 is 24.4 Å². The molecule has 0 spiro atoms. The highest BCUT2D eigenvalue weighted by Gasteiger charge is 2.37. The van der Waals surface area contributed by atoms with Crippen molar-refractivity contribution in [2.75, 3.05) is 13.4 Å². The summed E-state index contributed by atoms with van der Waals surface area (Å²) in [4.78, 5) is 27.8. The van der Waals surface area contributed by atoms with E-state index in [-0.39, 0.29) is 31.8 Å². The molecule has 1 N–H and O–H groups in total. The predicted octanol–water partition coefficient (Wildman–Crippen LogP) is 2.79. The monoisotopic (exact) mass is 396 g/mol. The molecule has 0 saturated carbocycles. The van der Waals surface area contributed by atoms with Gasteiger partial charge in [0.1, 0.15) is 11.8 Å². The zero-order chi connectivity index (χ0) is 20.6. The fraction of sp³-hybridized carbons (Fsp3) is 0.364. The highest BCUT2D eigenvalue weighted by atomic mass is 16.7. The van der Waals surface area contributed by atoms with Crippen molar-refractivity contribution < 1.29 is 23.8 Å². The van der Waals surface area contributed by atoms with E-state index in [1.165, 1.54) is 0 Å². The molecule has 1 atom stereocenters. The Morgan fingerprint density at radius 1 is 1.07 bits per heavy atom. The summed E-state index contributed by atoms with van der Waals surface area (Å²) in [6.45, 7) is 6.03. The Bertz CT molecular complexity index is 950. The maximum atomic E-state index is 13.3. The number of amides is 2. The van der Waals surface area contributed by atoms with Crippen LogP contribution in [-0.4, -0.2) is 35.7 Å². The Morgan fingerprint density at radius 2 is 1.83 bits per heavy atom. The molecule has 7 heteroatoms. The van der Waals surface area contributed by atoms with Crippen LogP contribution in [0.4, 0.5) is 0 Å². The van der Waals surface area contributed by atoms with Gasteiger partial charge in [-0.15, -0.1) is 0 Å². The molecule has 2 aromatic rings. The first kappa shape index (κ1) is 19.1. The van der Waals surface area contributed by atoms with Gasteiger partial charge in [0.2, 0.25) is 12.7 Å². The number of rotatable bonds is 3. The van der Waals surface area contributed by atoms with Crippen LogP contribution in [0, 0.1) is 0 Å². The number of fused-ring (bicyclic) bond motifs is 2. The number of carbonyl (C=O) groups excluding carboxylic acids is 2. The lowest BCUT2D eigenvalue weighted by Gasteiger charge is -2.32. The van der Waals surface area contributed by atoms with Gasteiger partial charge in [0.05, 0.1) is 0 Å². The van der Waals surface area contributed by atoms with Crippen LogP contribution in [0.25, 0.3) is 0 Å². The fourth-order valence-corrected chi connectivity index (χ4v) is 3.51. The van der Waals surface area contributed by atoms with Crippen molar-refractivity contribution >= 4 is 11.8 Å². The van der Waals surface area contributed by atoms with E-state index in [4.69, 9.17) is 14.2 Å². The number of nitrogens with zero attached hydrogens (tertiary/aromatic N) is 1. The Labute approximate surface area is 169 Å². The van der Waals surface area contributed by atoms with E-state index in [9.17, 15) is 9.59 Å². The summed E-state index contributed by atoms with van der Waals surface area (Å²) in [7, 11) is 0. The number of carbonyl (C=O) groups is 2. The van der Waals surface area contributed by atoms with Gasteiger partial charge in [-0.25, -0.2) is 0 Å². The second kappa shape index (κ2) is 7.31. The van der Waals surface area contributed by atoms with Crippen molar-refractivity contribution in [3.63, 3.8) is 0 Å². The maximum absolute atomic E-state index is 13.3. The molecule has 2 aliphatic heterocycles. The molecule has 152 valence electrons. The summed E-state index contributed by atoms with van der Waals surface area (Å²) < 4.78 is 16.5. The van der Waals surface area contributed by atoms with Crippen LogP contribution in [0.15, 0.2) is 42.5 Å². The van der Waals surface area contributed by atoms with Gasteiger partial charge in [0.15, 0.2) is 18.1 Å². The molecule has 4 rings (SSSR count). The van der Waals surface area contributed by atoms with E-state index in [0.29, 0.717) is 22.8 Å². The second-order valence-electron chi connectivity index (χ2n) is 8.18. The Hall–Kier alpha value is -3.22. The number of para-hydroxylation sites is 1. The van der Waals surface area contributed by atoms with Crippen LogP contribution in [0.5, 0.6) is 17.2 Å². The largest absolute Gasteiger partial charge is 0.483 e. The lowest BCUT2D eigenvalue weighted by atomic mass is 10.0. The number of benzene rings is 2. The summed E-state index contributed by atoms with van der Waals surface area (Å²) in [5.41, 5.74) is 1.07. The van der Waals surface area contributed by atoms with Crippen LogP contribution in [0.3, 0.4) is 0 Å². The zero-order valence-corrected chi connectivity index (χ0v) is 16.7. The Kier molecular flexibility index (Phi) is 4.82. The molecule has 0 aliphatic carbocycles. The van der Waals surface area contributed by atoms with Crippen LogP contribution in [0.2, 0.25) is 0 Å². The van der Waals surface area contributed by atoms with Gasteiger partial charge in [0, 0.05) is 17.6 Å². The van der Waals surface area contributed by atoms with E-state index in [0.717, 1.165) is 5.56 Å². The van der Waals surface area contributed by atoms with E-state index in [1.807, 2.05) is 57.2 Å². The Morgan fingerprint density at radius 3 is 2.62 bits per heavy atom. The first-order valence-corrected chi connectivity index (χ1v) is 9.53. The fourth-order valence-electron chi connectivity index (χ4n) is 3.51. The quantitative estimate of drug-likeness (QED) is 0.863. The van der Waals surface area contributed by atoms with Gasteiger partial charge in [-0.05, 0) is 44.5 Å². The molecule has 2 heterocycles. The lowest BCUT2D eigenvalue weighted by Crippen LogP contribution is -2.49. The SMILES string of the molecule is CC(C)(C)NC(=O)C1c2ccccc2OCC(=O)N1Cc1ccc2c(c1)OCO2. The summed E-state index contributed by atoms with van der Waals surface area (Å²) in [5.74, 6) is 1.35. The van der Waals surface area contributed by atoms with Crippen LogP contribution >= 0.6 is 0 Å². The highest BCUT2D eigenvalue weighted by molar-refractivity contribution is 5.91. The maximum Gasteiger partial charge on any atom is 0.261 e. The molecule has 7 nitrogen and oxygen atoms in total. The van der Waals surface area contributed by atoms with E-state index in [2.05, 4.69) is 5.32 Å². The second-order valence-corrected chi connectivity index (χ2v) is 8.18. The van der Waals surface area contributed by atoms with Crippen LogP contribution in [-0.2, 0) is 16.1 Å². The lowest BCUT2D eigenvalue weighted by molar-refractivity contribution is -0.142. The van der Waals surface area contributed by atoms with Crippen molar-refractivity contribution in [3.05, 3.63) is 53.6 Å². The van der Waals surface area contributed by atoms with E-state index in [1.54, 1.807) is 11.0 Å². The summed E-state index contributed by atoms with van der Waals surface area (Å²) in [5, 5.41) is 3.00. The van der Waals surface area contributed by atoms with E-state index < -0.39 is 11.6 Å². The third-order valence-corrected chi connectivity index (χ3v) is 4.73. The molecule has 0 fully saturated rings. The molecule has 2 aromatic carbocycles. The number of ether oxygens (including phenoxy) is 3. The molecule has 29 heavy (non-hydrogen) atoms. The van der Waals surface area contributed by atoms with Gasteiger partial charge in [0.25, 0.3) is 5.91 Å². The summed E-state index contributed by atoms with van der Waals surface area (Å²) in [6.07, 6.45) is 0. The van der Waals surface area contributed by atoms with E-state index >= 15 is 0 Å². The van der Waals surface area contributed by atoms with Gasteiger partial charge >= 0.3 is 0 Å². The number of nitrogens with one attached hydrogen (secondary N) is 1. The first-order chi connectivity index (χ1) is 13.8. The normalized spacial score (nSPS) is 18.0. The zero-order valence-electron chi connectivity index (χ0n) is 16.7. The minimum atomic E-state index is -0.800. The first-order valence-electron chi connectivity index (χ1n) is 9.53. The third-order valence-electron chi connectivity index (χ3n) is 4.73. The van der Waals surface area contributed by atoms with Crippen molar-refractivity contribution in [1.82, 2.24) is 10.2 Å². The summed E-state index contributed by atoms with van der Waals surface area (Å²) >= 11 is 0. The Balaban J connectivity index is 1.72. The molecule has 0 radical (unpaired) electrons. The molecule has 0 bridgehead atoms. The standard InChI is InChI=1S/C22H24N2O5/c1-22(2,3)23-21(26)20-15-6-4-5-7-16(15)27-12-19(25)24(20)11-14-8-9-17-18(10-14)29-13-28-17/h4-10,20H,11-13H2,1-3H3,(H,23,26). The average molecular weight is 396 g/mol. The molecular weight excluding hydrogens is 372 g/mol. The molecule has 0 saturated heterocycles. The van der Waals surface area contributed by atoms with Crippen molar-refractivity contribution in [1.29, 1.82) is 0 Å². The topological polar surface area (TPSA) is 77.1 Å². The molecule has 2 amide bonds. The van der Waals surface area contributed by atoms with Crippen molar-refractivity contribution in [3.8, 4) is 17.2 Å². The number of hydrogen-bond acceptors (Lipinski definition) is 5. The minimum Gasteiger partial charge on any atom is -0.483 e. The molecule has 0 aromatic heterocycles. The van der Waals surface area contributed by atoms with Crippen LogP contribution in [0.1, 0.15) is 37.9 Å². The van der Waals surface area contributed by atoms with Gasteiger partial charge in [-0.2, -0.15) is 0 Å². The average Bonchev–Trinajstić information content (AvgIpc) is 3.07. The molecule has 2 aliphatic rings. The molecular formula is C22H24N2O5. The van der Waals surface area contributed by atoms with Crippen LogP contribution < -0.4 is 19.5 Å². The van der Waals surface area contributed by atoms with Crippen molar-refractivity contribution in [2.45, 2.75) is 38.9 Å². The van der Waals surface area contributed by atoms with Crippen molar-refractivity contribution in [2.24, 2.45) is 0 Å². The van der Waals surface area contributed by atoms with Gasteiger partial charge in [-0.1, -0.05) is 24.3 Å². The smallest absolute Gasteiger partial charge is 0.261 e. The number of hydrogen-bond donors (Lipinski definition) is 1. The van der Waals surface area contributed by atoms with Gasteiger partial charge in [-0.3, -0.25) is 9.59 Å². The third kappa shape index (κ3) is 3.99. The highest BCUT2D eigenvalue weighted by Crippen LogP contribution is 2.36.